The molecular weight excluding hydrogens is 331 g/mol. The fourth-order valence-electron chi connectivity index (χ4n) is 2.26. The second-order valence-corrected chi connectivity index (χ2v) is 5.12. The lowest BCUT2D eigenvalue weighted by Crippen LogP contribution is -2.41. The first-order valence-electron chi connectivity index (χ1n) is 7.42. The molecule has 0 unspecified atom stereocenters. The quantitative estimate of drug-likeness (QED) is 0.826. The molecule has 8 heteroatoms. The summed E-state index contributed by atoms with van der Waals surface area (Å²) < 4.78 is 29.0. The van der Waals surface area contributed by atoms with E-state index in [0.29, 0.717) is 30.5 Å². The second kappa shape index (κ2) is 7.08. The van der Waals surface area contributed by atoms with E-state index in [1.54, 1.807) is 0 Å². The summed E-state index contributed by atoms with van der Waals surface area (Å²) in [5, 5.41) is 0. The van der Waals surface area contributed by atoms with Crippen molar-refractivity contribution in [1.29, 1.82) is 0 Å². The Morgan fingerprint density at radius 2 is 1.64 bits per heavy atom. The summed E-state index contributed by atoms with van der Waals surface area (Å²) in [6, 6.07) is 7.90. The Bertz CT molecular complexity index is 790. The Balaban J connectivity index is 1.71. The van der Waals surface area contributed by atoms with Gasteiger partial charge in [-0.2, -0.15) is 0 Å². The lowest BCUT2D eigenvalue weighted by molar-refractivity contribution is 0.0845. The van der Waals surface area contributed by atoms with E-state index in [2.05, 4.69) is 10.9 Å². The molecule has 1 aliphatic heterocycles. The molecule has 1 aliphatic rings. The van der Waals surface area contributed by atoms with E-state index in [9.17, 15) is 14.0 Å². The number of nitrogens with one attached hydrogen (secondary N) is 2. The first-order chi connectivity index (χ1) is 12.1. The van der Waals surface area contributed by atoms with E-state index in [4.69, 9.17) is 14.2 Å². The van der Waals surface area contributed by atoms with Crippen LogP contribution in [0.4, 0.5) is 4.39 Å². The zero-order valence-corrected chi connectivity index (χ0v) is 13.3. The van der Waals surface area contributed by atoms with Crippen molar-refractivity contribution in [2.24, 2.45) is 0 Å². The van der Waals surface area contributed by atoms with Crippen molar-refractivity contribution in [2.75, 3.05) is 20.3 Å². The number of hydrazine groups is 1. The van der Waals surface area contributed by atoms with E-state index in [0.717, 1.165) is 12.1 Å². The molecule has 0 fully saturated rings. The van der Waals surface area contributed by atoms with Crippen LogP contribution in [0.3, 0.4) is 0 Å². The predicted molar refractivity (Wildman–Crippen MR) is 85.3 cm³/mol. The molecule has 0 atom stereocenters. The number of hydrogen-bond acceptors (Lipinski definition) is 5. The number of ether oxygens (including phenoxy) is 3. The molecule has 0 saturated heterocycles. The number of benzene rings is 2. The van der Waals surface area contributed by atoms with Crippen LogP contribution >= 0.6 is 0 Å². The molecule has 7 nitrogen and oxygen atoms in total. The molecular formula is C17H15FN2O5. The van der Waals surface area contributed by atoms with Gasteiger partial charge in [-0.1, -0.05) is 0 Å². The molecule has 2 N–H and O–H groups in total. The minimum atomic E-state index is -0.571. The topological polar surface area (TPSA) is 85.9 Å². The second-order valence-electron chi connectivity index (χ2n) is 5.12. The molecule has 0 aliphatic carbocycles. The van der Waals surface area contributed by atoms with E-state index in [-0.39, 0.29) is 11.1 Å². The molecule has 2 amide bonds. The van der Waals surface area contributed by atoms with Crippen LogP contribution in [0, 0.1) is 5.82 Å². The molecule has 2 aromatic carbocycles. The van der Waals surface area contributed by atoms with Crippen molar-refractivity contribution < 1.29 is 28.2 Å². The monoisotopic (exact) mass is 346 g/mol. The van der Waals surface area contributed by atoms with Crippen LogP contribution in [0.5, 0.6) is 17.2 Å². The molecule has 0 bridgehead atoms. The van der Waals surface area contributed by atoms with Crippen LogP contribution in [0.1, 0.15) is 20.7 Å². The van der Waals surface area contributed by atoms with Crippen molar-refractivity contribution in [3.8, 4) is 17.2 Å². The highest BCUT2D eigenvalue weighted by Gasteiger charge is 2.21. The standard InChI is InChI=1S/C17H15FN2O5/c1-23-13-8-11(9-14-15(13)25-7-6-24-14)17(22)20-19-16(21)10-2-4-12(18)5-3-10/h2-5,8-9H,6-7H2,1H3,(H,19,21)(H,20,22). The van der Waals surface area contributed by atoms with E-state index in [1.807, 2.05) is 0 Å². The number of amides is 2. The van der Waals surface area contributed by atoms with Crippen LogP contribution in [0.25, 0.3) is 0 Å². The largest absolute Gasteiger partial charge is 0.493 e. The molecule has 0 aromatic heterocycles. The fourth-order valence-corrected chi connectivity index (χ4v) is 2.26. The van der Waals surface area contributed by atoms with Gasteiger partial charge in [0, 0.05) is 11.1 Å². The SMILES string of the molecule is COc1cc(C(=O)NNC(=O)c2ccc(F)cc2)cc2c1OCCO2. The van der Waals surface area contributed by atoms with Crippen LogP contribution < -0.4 is 25.1 Å². The minimum absolute atomic E-state index is 0.210. The Labute approximate surface area is 142 Å². The maximum Gasteiger partial charge on any atom is 0.269 e. The predicted octanol–water partition coefficient (Wildman–Crippen LogP) is 1.68. The van der Waals surface area contributed by atoms with Crippen LogP contribution in [0.15, 0.2) is 36.4 Å². The van der Waals surface area contributed by atoms with Gasteiger partial charge in [-0.05, 0) is 36.4 Å². The van der Waals surface area contributed by atoms with Gasteiger partial charge in [0.15, 0.2) is 11.5 Å². The zero-order valence-electron chi connectivity index (χ0n) is 13.3. The minimum Gasteiger partial charge on any atom is -0.493 e. The average molecular weight is 346 g/mol. The lowest BCUT2D eigenvalue weighted by atomic mass is 10.1. The molecule has 2 aromatic rings. The average Bonchev–Trinajstić information content (AvgIpc) is 2.65. The van der Waals surface area contributed by atoms with Gasteiger partial charge in [-0.3, -0.25) is 20.4 Å². The zero-order chi connectivity index (χ0) is 17.8. The highest BCUT2D eigenvalue weighted by atomic mass is 19.1. The summed E-state index contributed by atoms with van der Waals surface area (Å²) in [7, 11) is 1.45. The number of hydrogen-bond donors (Lipinski definition) is 2. The summed E-state index contributed by atoms with van der Waals surface area (Å²) >= 11 is 0. The van der Waals surface area contributed by atoms with E-state index in [1.165, 1.54) is 31.4 Å². The van der Waals surface area contributed by atoms with Crippen LogP contribution in [-0.4, -0.2) is 32.1 Å². The number of carbonyl (C=O) groups excluding carboxylic acids is 2. The number of methoxy groups -OCH3 is 1. The van der Waals surface area contributed by atoms with Gasteiger partial charge < -0.3 is 14.2 Å². The van der Waals surface area contributed by atoms with Gasteiger partial charge in [0.25, 0.3) is 11.8 Å². The Morgan fingerprint density at radius 1 is 1.00 bits per heavy atom. The third-order valence-electron chi connectivity index (χ3n) is 3.49. The number of rotatable bonds is 3. The van der Waals surface area contributed by atoms with Gasteiger partial charge in [0.2, 0.25) is 5.75 Å². The summed E-state index contributed by atoms with van der Waals surface area (Å²) in [4.78, 5) is 24.2. The molecule has 0 saturated carbocycles. The van der Waals surface area contributed by atoms with Crippen LogP contribution in [0.2, 0.25) is 0 Å². The normalized spacial score (nSPS) is 12.2. The number of carbonyl (C=O) groups is 2. The Kier molecular flexibility index (Phi) is 4.69. The molecule has 3 rings (SSSR count). The van der Waals surface area contributed by atoms with E-state index < -0.39 is 17.6 Å². The molecule has 1 heterocycles. The maximum atomic E-state index is 12.9. The molecule has 0 spiro atoms. The van der Waals surface area contributed by atoms with Gasteiger partial charge >= 0.3 is 0 Å². The summed E-state index contributed by atoms with van der Waals surface area (Å²) in [5.41, 5.74) is 4.98. The lowest BCUT2D eigenvalue weighted by Gasteiger charge is -2.21. The molecule has 0 radical (unpaired) electrons. The molecule has 25 heavy (non-hydrogen) atoms. The van der Waals surface area contributed by atoms with Crippen molar-refractivity contribution in [3.05, 3.63) is 53.3 Å². The van der Waals surface area contributed by atoms with Crippen molar-refractivity contribution in [2.45, 2.75) is 0 Å². The summed E-state index contributed by atoms with van der Waals surface area (Å²) in [5.74, 6) is -0.416. The maximum absolute atomic E-state index is 12.9. The van der Waals surface area contributed by atoms with Crippen molar-refractivity contribution in [1.82, 2.24) is 10.9 Å². The fraction of sp³-hybridized carbons (Fsp3) is 0.176. The third-order valence-corrected chi connectivity index (χ3v) is 3.49. The first kappa shape index (κ1) is 16.6. The number of halogens is 1. The van der Waals surface area contributed by atoms with Crippen molar-refractivity contribution >= 4 is 11.8 Å². The smallest absolute Gasteiger partial charge is 0.269 e. The first-order valence-corrected chi connectivity index (χ1v) is 7.42. The Morgan fingerprint density at radius 3 is 2.32 bits per heavy atom. The van der Waals surface area contributed by atoms with Gasteiger partial charge in [0.1, 0.15) is 19.0 Å². The van der Waals surface area contributed by atoms with E-state index >= 15 is 0 Å². The molecule has 130 valence electrons. The highest BCUT2D eigenvalue weighted by molar-refractivity contribution is 5.99. The number of fused-ring (bicyclic) bond motifs is 1. The van der Waals surface area contributed by atoms with Gasteiger partial charge in [-0.25, -0.2) is 4.39 Å². The van der Waals surface area contributed by atoms with Gasteiger partial charge in [0.05, 0.1) is 7.11 Å². The Hall–Kier alpha value is -3.29. The summed E-state index contributed by atoms with van der Waals surface area (Å²) in [6.45, 7) is 0.755. The third kappa shape index (κ3) is 3.63. The van der Waals surface area contributed by atoms with Crippen LogP contribution in [-0.2, 0) is 0 Å². The van der Waals surface area contributed by atoms with Crippen molar-refractivity contribution in [3.63, 3.8) is 0 Å². The highest BCUT2D eigenvalue weighted by Crippen LogP contribution is 2.40. The summed E-state index contributed by atoms with van der Waals surface area (Å²) in [6.07, 6.45) is 0. The van der Waals surface area contributed by atoms with Gasteiger partial charge in [-0.15, -0.1) is 0 Å².